The van der Waals surface area contributed by atoms with E-state index in [0.29, 0.717) is 18.0 Å². The molecule has 0 spiro atoms. The number of hydrogen-bond acceptors (Lipinski definition) is 4. The van der Waals surface area contributed by atoms with Crippen LogP contribution in [0.5, 0.6) is 11.5 Å². The number of allylic oxidation sites excluding steroid dienone is 1. The van der Waals surface area contributed by atoms with Crippen LogP contribution in [-0.2, 0) is 9.59 Å². The molecule has 2 fully saturated rings. The highest BCUT2D eigenvalue weighted by Gasteiger charge is 2.43. The third-order valence-electron chi connectivity index (χ3n) is 7.40. The first-order valence-electron chi connectivity index (χ1n) is 13.1. The molecule has 6 nitrogen and oxygen atoms in total. The van der Waals surface area contributed by atoms with Crippen LogP contribution < -0.4 is 9.47 Å². The summed E-state index contributed by atoms with van der Waals surface area (Å²) in [6.45, 7) is 4.72. The van der Waals surface area contributed by atoms with E-state index in [4.69, 9.17) is 9.47 Å². The van der Waals surface area contributed by atoms with Gasteiger partial charge in [-0.1, -0.05) is 37.0 Å². The lowest BCUT2D eigenvalue weighted by Crippen LogP contribution is -2.58. The van der Waals surface area contributed by atoms with Crippen molar-refractivity contribution < 1.29 is 19.1 Å². The molecule has 0 unspecified atom stereocenters. The first kappa shape index (κ1) is 24.6. The van der Waals surface area contributed by atoms with Crippen molar-refractivity contribution in [3.63, 3.8) is 0 Å². The topological polar surface area (TPSA) is 59.1 Å². The van der Waals surface area contributed by atoms with Gasteiger partial charge in [-0.2, -0.15) is 0 Å². The largest absolute Gasteiger partial charge is 0.493 e. The van der Waals surface area contributed by atoms with Gasteiger partial charge in [0.2, 0.25) is 5.91 Å². The van der Waals surface area contributed by atoms with Crippen molar-refractivity contribution in [1.29, 1.82) is 0 Å². The third kappa shape index (κ3) is 5.59. The Labute approximate surface area is 204 Å². The van der Waals surface area contributed by atoms with Crippen molar-refractivity contribution in [3.8, 4) is 11.5 Å². The van der Waals surface area contributed by atoms with Crippen molar-refractivity contribution in [1.82, 2.24) is 9.80 Å². The van der Waals surface area contributed by atoms with E-state index >= 15 is 0 Å². The fourth-order valence-electron chi connectivity index (χ4n) is 5.63. The number of amides is 2. The maximum Gasteiger partial charge on any atom is 0.250 e. The van der Waals surface area contributed by atoms with Gasteiger partial charge in [-0.15, -0.1) is 0 Å². The Balaban J connectivity index is 1.64. The minimum atomic E-state index is -0.616. The molecule has 6 heteroatoms. The van der Waals surface area contributed by atoms with Gasteiger partial charge in [0.25, 0.3) is 5.91 Å². The SMILES string of the molecule is COc1cc([C@H]2C(=O)N(C3CCCCC3)CC(=O)N2CCC2=CCCCC2)ccc1OC(C)C. The molecule has 0 radical (unpaired) electrons. The Morgan fingerprint density at radius 2 is 1.82 bits per heavy atom. The summed E-state index contributed by atoms with van der Waals surface area (Å²) in [5.74, 6) is 1.34. The molecule has 0 aromatic heterocycles. The van der Waals surface area contributed by atoms with E-state index in [1.54, 1.807) is 7.11 Å². The summed E-state index contributed by atoms with van der Waals surface area (Å²) in [6.07, 6.45) is 13.3. The van der Waals surface area contributed by atoms with Crippen molar-refractivity contribution in [2.24, 2.45) is 0 Å². The van der Waals surface area contributed by atoms with Gasteiger partial charge in [-0.05, 0) is 76.5 Å². The standard InChI is InChI=1S/C28H40N2O4/c1-20(2)34-24-15-14-22(18-25(24)33-3)27-28(32)30(23-12-8-5-9-13-23)19-26(31)29(27)17-16-21-10-6-4-7-11-21/h10,14-15,18,20,23,27H,4-9,11-13,16-17,19H2,1-3H3/t27-/m0/s1. The molecule has 186 valence electrons. The molecular weight excluding hydrogens is 428 g/mol. The molecule has 3 aliphatic rings. The van der Waals surface area contributed by atoms with E-state index in [1.807, 2.05) is 41.8 Å². The Hall–Kier alpha value is -2.50. The lowest BCUT2D eigenvalue weighted by atomic mass is 9.91. The summed E-state index contributed by atoms with van der Waals surface area (Å²) in [6, 6.07) is 5.22. The molecule has 1 saturated heterocycles. The van der Waals surface area contributed by atoms with Crippen LogP contribution in [0.2, 0.25) is 0 Å². The smallest absolute Gasteiger partial charge is 0.250 e. The highest BCUT2D eigenvalue weighted by Crippen LogP contribution is 2.37. The normalized spacial score (nSPS) is 22.2. The van der Waals surface area contributed by atoms with E-state index in [-0.39, 0.29) is 30.5 Å². The number of piperazine rings is 1. The number of carbonyl (C=O) groups excluding carboxylic acids is 2. The van der Waals surface area contributed by atoms with E-state index < -0.39 is 6.04 Å². The minimum Gasteiger partial charge on any atom is -0.493 e. The zero-order valence-electron chi connectivity index (χ0n) is 21.1. The number of nitrogens with zero attached hydrogens (tertiary/aromatic N) is 2. The maximum absolute atomic E-state index is 13.9. The fraction of sp³-hybridized carbons (Fsp3) is 0.643. The first-order chi connectivity index (χ1) is 16.5. The van der Waals surface area contributed by atoms with Crippen molar-refractivity contribution in [3.05, 3.63) is 35.4 Å². The van der Waals surface area contributed by atoms with Gasteiger partial charge in [-0.25, -0.2) is 0 Å². The number of hydrogen-bond donors (Lipinski definition) is 0. The summed E-state index contributed by atoms with van der Waals surface area (Å²) in [4.78, 5) is 31.1. The molecule has 0 N–H and O–H groups in total. The van der Waals surface area contributed by atoms with E-state index in [0.717, 1.165) is 50.5 Å². The second-order valence-electron chi connectivity index (χ2n) is 10.2. The van der Waals surface area contributed by atoms with Gasteiger partial charge in [0.1, 0.15) is 12.6 Å². The van der Waals surface area contributed by atoms with Crippen LogP contribution in [0, 0.1) is 0 Å². The molecule has 1 saturated carbocycles. The van der Waals surface area contributed by atoms with Crippen LogP contribution in [0.15, 0.2) is 29.8 Å². The summed E-state index contributed by atoms with van der Waals surface area (Å²) in [5, 5.41) is 0. The van der Waals surface area contributed by atoms with E-state index in [2.05, 4.69) is 6.08 Å². The van der Waals surface area contributed by atoms with Gasteiger partial charge < -0.3 is 19.3 Å². The van der Waals surface area contributed by atoms with Crippen molar-refractivity contribution in [2.75, 3.05) is 20.2 Å². The van der Waals surface area contributed by atoms with Crippen LogP contribution in [-0.4, -0.2) is 54.0 Å². The maximum atomic E-state index is 13.9. The summed E-state index contributed by atoms with van der Waals surface area (Å²) in [5.41, 5.74) is 2.21. The van der Waals surface area contributed by atoms with Gasteiger partial charge >= 0.3 is 0 Å². The highest BCUT2D eigenvalue weighted by atomic mass is 16.5. The molecule has 4 rings (SSSR count). The summed E-state index contributed by atoms with van der Waals surface area (Å²) in [7, 11) is 1.61. The first-order valence-corrected chi connectivity index (χ1v) is 13.1. The average molecular weight is 469 g/mol. The highest BCUT2D eigenvalue weighted by molar-refractivity contribution is 5.96. The Bertz CT molecular complexity index is 904. The van der Waals surface area contributed by atoms with Crippen LogP contribution in [0.4, 0.5) is 0 Å². The molecule has 1 aromatic rings. The lowest BCUT2D eigenvalue weighted by Gasteiger charge is -2.44. The second-order valence-corrected chi connectivity index (χ2v) is 10.2. The number of benzene rings is 1. The summed E-state index contributed by atoms with van der Waals surface area (Å²) < 4.78 is 11.5. The Morgan fingerprint density at radius 1 is 1.03 bits per heavy atom. The third-order valence-corrected chi connectivity index (χ3v) is 7.40. The zero-order valence-corrected chi connectivity index (χ0v) is 21.1. The van der Waals surface area contributed by atoms with Gasteiger partial charge in [0.15, 0.2) is 11.5 Å². The Kier molecular flexibility index (Phi) is 8.17. The number of rotatable bonds is 8. The molecule has 2 amide bonds. The van der Waals surface area contributed by atoms with E-state index in [9.17, 15) is 9.59 Å². The van der Waals surface area contributed by atoms with Crippen LogP contribution >= 0.6 is 0 Å². The van der Waals surface area contributed by atoms with Crippen LogP contribution in [0.25, 0.3) is 0 Å². The van der Waals surface area contributed by atoms with Crippen molar-refractivity contribution >= 4 is 11.8 Å². The van der Waals surface area contributed by atoms with Crippen molar-refractivity contribution in [2.45, 2.75) is 96.2 Å². The molecular formula is C28H40N2O4. The van der Waals surface area contributed by atoms with Gasteiger partial charge in [0, 0.05) is 12.6 Å². The molecule has 1 aromatic carbocycles. The quantitative estimate of drug-likeness (QED) is 0.478. The molecule has 1 atom stereocenters. The number of carbonyl (C=O) groups is 2. The van der Waals surface area contributed by atoms with Crippen LogP contribution in [0.1, 0.15) is 89.7 Å². The minimum absolute atomic E-state index is 0.0136. The predicted octanol–water partition coefficient (Wildman–Crippen LogP) is 5.42. The molecule has 2 aliphatic carbocycles. The molecule has 0 bridgehead atoms. The molecule has 34 heavy (non-hydrogen) atoms. The van der Waals surface area contributed by atoms with Gasteiger partial charge in [0.05, 0.1) is 13.2 Å². The predicted molar refractivity (Wildman–Crippen MR) is 133 cm³/mol. The molecule has 1 heterocycles. The van der Waals surface area contributed by atoms with Crippen LogP contribution in [0.3, 0.4) is 0 Å². The lowest BCUT2D eigenvalue weighted by molar-refractivity contribution is -0.159. The zero-order chi connectivity index (χ0) is 24.1. The number of methoxy groups -OCH3 is 1. The van der Waals surface area contributed by atoms with Gasteiger partial charge in [-0.3, -0.25) is 9.59 Å². The monoisotopic (exact) mass is 468 g/mol. The second kappa shape index (κ2) is 11.3. The number of ether oxygens (including phenoxy) is 2. The molecule has 1 aliphatic heterocycles. The Morgan fingerprint density at radius 3 is 2.50 bits per heavy atom. The summed E-state index contributed by atoms with van der Waals surface area (Å²) >= 11 is 0. The fourth-order valence-corrected chi connectivity index (χ4v) is 5.63. The average Bonchev–Trinajstić information content (AvgIpc) is 2.85. The van der Waals surface area contributed by atoms with E-state index in [1.165, 1.54) is 24.8 Å².